The monoisotopic (exact) mass is 214 g/mol. The second kappa shape index (κ2) is 4.15. The fraction of sp³-hybridized carbons (Fsp3) is 0.250. The van der Waals surface area contributed by atoms with E-state index in [0.29, 0.717) is 17.8 Å². The summed E-state index contributed by atoms with van der Waals surface area (Å²) in [4.78, 5) is 23.8. The highest BCUT2D eigenvalue weighted by atomic mass is 16.2. The first kappa shape index (κ1) is 10.4. The molecule has 16 heavy (non-hydrogen) atoms. The number of hydrogen-bond donors (Lipinski definition) is 0. The molecule has 0 N–H and O–H groups in total. The third-order valence-electron chi connectivity index (χ3n) is 2.63. The molecule has 1 aliphatic heterocycles. The van der Waals surface area contributed by atoms with Crippen LogP contribution in [0.4, 0.5) is 5.69 Å². The Kier molecular flexibility index (Phi) is 2.69. The van der Waals surface area contributed by atoms with Crippen molar-refractivity contribution in [2.45, 2.75) is 6.42 Å². The lowest BCUT2D eigenvalue weighted by Gasteiger charge is -2.15. The molecular formula is C12H10N2O2. The Morgan fingerprint density at radius 1 is 1.50 bits per heavy atom. The minimum absolute atomic E-state index is 0.0628. The number of nitriles is 1. The van der Waals surface area contributed by atoms with E-state index in [0.717, 1.165) is 6.29 Å². The number of anilines is 1. The zero-order chi connectivity index (χ0) is 11.5. The van der Waals surface area contributed by atoms with Gasteiger partial charge in [0.25, 0.3) is 0 Å². The van der Waals surface area contributed by atoms with Gasteiger partial charge in [-0.15, -0.1) is 0 Å². The Bertz CT molecular complexity index is 476. The lowest BCUT2D eigenvalue weighted by Crippen LogP contribution is -2.24. The maximum atomic E-state index is 11.6. The van der Waals surface area contributed by atoms with Gasteiger partial charge in [0.15, 0.2) is 0 Å². The minimum Gasteiger partial charge on any atom is -0.312 e. The molecule has 2 rings (SSSR count). The molecule has 0 spiro atoms. The van der Waals surface area contributed by atoms with E-state index >= 15 is 0 Å². The summed E-state index contributed by atoms with van der Waals surface area (Å²) in [6.45, 7) is 0.414. The molecule has 1 aromatic carbocycles. The van der Waals surface area contributed by atoms with Crippen LogP contribution in [0.5, 0.6) is 0 Å². The quantitative estimate of drug-likeness (QED) is 0.693. The van der Waals surface area contributed by atoms with E-state index in [1.165, 1.54) is 0 Å². The molecule has 4 nitrogen and oxygen atoms in total. The highest BCUT2D eigenvalue weighted by Crippen LogP contribution is 2.24. The topological polar surface area (TPSA) is 61.2 Å². The smallest absolute Gasteiger partial charge is 0.227 e. The average Bonchev–Trinajstić information content (AvgIpc) is 2.71. The second-order valence-electron chi connectivity index (χ2n) is 3.77. The number of rotatable bonds is 2. The first-order valence-electron chi connectivity index (χ1n) is 5.00. The Hall–Kier alpha value is -2.15. The number of amides is 1. The van der Waals surface area contributed by atoms with Crippen LogP contribution in [-0.2, 0) is 9.59 Å². The van der Waals surface area contributed by atoms with Gasteiger partial charge in [-0.05, 0) is 18.2 Å². The number of carbonyl (C=O) groups is 2. The Morgan fingerprint density at radius 3 is 2.94 bits per heavy atom. The third kappa shape index (κ3) is 1.80. The zero-order valence-corrected chi connectivity index (χ0v) is 8.59. The van der Waals surface area contributed by atoms with E-state index in [4.69, 9.17) is 5.26 Å². The van der Waals surface area contributed by atoms with Gasteiger partial charge in [-0.1, -0.05) is 6.07 Å². The highest BCUT2D eigenvalue weighted by Gasteiger charge is 2.30. The van der Waals surface area contributed by atoms with Crippen LogP contribution in [0.3, 0.4) is 0 Å². The van der Waals surface area contributed by atoms with Crippen LogP contribution < -0.4 is 4.90 Å². The molecule has 4 heteroatoms. The van der Waals surface area contributed by atoms with Crippen molar-refractivity contribution in [1.29, 1.82) is 5.26 Å². The Labute approximate surface area is 93.1 Å². The van der Waals surface area contributed by atoms with Crippen LogP contribution in [0.15, 0.2) is 24.3 Å². The fourth-order valence-electron chi connectivity index (χ4n) is 1.82. The molecule has 80 valence electrons. The summed E-state index contributed by atoms with van der Waals surface area (Å²) in [6.07, 6.45) is 1.08. The standard InChI is InChI=1S/C12H10N2O2/c13-6-9-2-1-3-11(4-9)14-7-10(8-15)5-12(14)16/h1-4,8,10H,5,7H2. The molecule has 0 saturated carbocycles. The van der Waals surface area contributed by atoms with Gasteiger partial charge in [0.05, 0.1) is 11.6 Å². The lowest BCUT2D eigenvalue weighted by atomic mass is 10.1. The van der Waals surface area contributed by atoms with Gasteiger partial charge in [0, 0.05) is 24.6 Å². The van der Waals surface area contributed by atoms with Gasteiger partial charge >= 0.3 is 0 Å². The second-order valence-corrected chi connectivity index (χ2v) is 3.77. The van der Waals surface area contributed by atoms with Gasteiger partial charge in [-0.3, -0.25) is 4.79 Å². The van der Waals surface area contributed by atoms with Crippen molar-refractivity contribution in [1.82, 2.24) is 0 Å². The van der Waals surface area contributed by atoms with Crippen molar-refractivity contribution < 1.29 is 9.59 Å². The lowest BCUT2D eigenvalue weighted by molar-refractivity contribution is -0.119. The molecule has 1 heterocycles. The molecule has 0 bridgehead atoms. The van der Waals surface area contributed by atoms with Crippen LogP contribution in [0, 0.1) is 17.2 Å². The molecule has 0 aromatic heterocycles. The Balaban J connectivity index is 2.28. The molecule has 1 saturated heterocycles. The van der Waals surface area contributed by atoms with Crippen molar-refractivity contribution >= 4 is 17.9 Å². The first-order valence-corrected chi connectivity index (χ1v) is 5.00. The summed E-state index contributed by atoms with van der Waals surface area (Å²) >= 11 is 0. The predicted molar refractivity (Wildman–Crippen MR) is 57.7 cm³/mol. The van der Waals surface area contributed by atoms with Gasteiger partial charge in [0.1, 0.15) is 6.29 Å². The summed E-state index contributed by atoms with van der Waals surface area (Å²) in [5.41, 5.74) is 1.20. The molecule has 1 amide bonds. The zero-order valence-electron chi connectivity index (χ0n) is 8.59. The third-order valence-corrected chi connectivity index (χ3v) is 2.63. The molecule has 1 atom stereocenters. The van der Waals surface area contributed by atoms with Gasteiger partial charge in [-0.2, -0.15) is 5.26 Å². The Morgan fingerprint density at radius 2 is 2.31 bits per heavy atom. The molecule has 1 fully saturated rings. The predicted octanol–water partition coefficient (Wildman–Crippen LogP) is 1.11. The van der Waals surface area contributed by atoms with Crippen LogP contribution >= 0.6 is 0 Å². The molecule has 1 aliphatic rings. The number of benzene rings is 1. The van der Waals surface area contributed by atoms with Crippen LogP contribution in [0.25, 0.3) is 0 Å². The van der Waals surface area contributed by atoms with Gasteiger partial charge < -0.3 is 9.69 Å². The van der Waals surface area contributed by atoms with Crippen molar-refractivity contribution in [2.75, 3.05) is 11.4 Å². The van der Waals surface area contributed by atoms with Crippen molar-refractivity contribution in [3.05, 3.63) is 29.8 Å². The molecule has 0 radical (unpaired) electrons. The summed E-state index contributed by atoms with van der Waals surface area (Å²) in [5.74, 6) is -0.287. The first-order chi connectivity index (χ1) is 7.74. The van der Waals surface area contributed by atoms with Crippen molar-refractivity contribution in [3.63, 3.8) is 0 Å². The summed E-state index contributed by atoms with van der Waals surface area (Å²) in [6, 6.07) is 8.86. The minimum atomic E-state index is -0.224. The van der Waals surface area contributed by atoms with Crippen LogP contribution in [0.2, 0.25) is 0 Å². The maximum Gasteiger partial charge on any atom is 0.227 e. The van der Waals surface area contributed by atoms with E-state index in [9.17, 15) is 9.59 Å². The fourth-order valence-corrected chi connectivity index (χ4v) is 1.82. The van der Waals surface area contributed by atoms with Crippen molar-refractivity contribution in [3.8, 4) is 6.07 Å². The maximum absolute atomic E-state index is 11.6. The van der Waals surface area contributed by atoms with E-state index < -0.39 is 0 Å². The van der Waals surface area contributed by atoms with Crippen LogP contribution in [-0.4, -0.2) is 18.7 Å². The molecular weight excluding hydrogens is 204 g/mol. The normalized spacial score (nSPS) is 19.6. The number of aldehydes is 1. The van der Waals surface area contributed by atoms with E-state index in [2.05, 4.69) is 0 Å². The van der Waals surface area contributed by atoms with Gasteiger partial charge in [-0.25, -0.2) is 0 Å². The molecule has 1 aromatic rings. The van der Waals surface area contributed by atoms with Gasteiger partial charge in [0.2, 0.25) is 5.91 Å². The summed E-state index contributed by atoms with van der Waals surface area (Å²) in [5, 5.41) is 8.76. The number of nitrogens with zero attached hydrogens (tertiary/aromatic N) is 2. The largest absolute Gasteiger partial charge is 0.312 e. The van der Waals surface area contributed by atoms with E-state index in [1.54, 1.807) is 29.2 Å². The SMILES string of the molecule is N#Cc1cccc(N2CC(C=O)CC2=O)c1. The molecule has 0 aliphatic carbocycles. The molecule has 1 unspecified atom stereocenters. The van der Waals surface area contributed by atoms with Crippen LogP contribution in [0.1, 0.15) is 12.0 Å². The summed E-state index contributed by atoms with van der Waals surface area (Å²) in [7, 11) is 0. The number of hydrogen-bond acceptors (Lipinski definition) is 3. The summed E-state index contributed by atoms with van der Waals surface area (Å²) < 4.78 is 0. The highest BCUT2D eigenvalue weighted by molar-refractivity contribution is 5.98. The average molecular weight is 214 g/mol. The number of carbonyl (C=O) groups excluding carboxylic acids is 2. The van der Waals surface area contributed by atoms with E-state index in [1.807, 2.05) is 6.07 Å². The van der Waals surface area contributed by atoms with Crippen molar-refractivity contribution in [2.24, 2.45) is 5.92 Å². The van der Waals surface area contributed by atoms with E-state index in [-0.39, 0.29) is 18.2 Å².